The molecule has 0 bridgehead atoms. The topological polar surface area (TPSA) is 82.8 Å². The van der Waals surface area contributed by atoms with Crippen LogP contribution in [0.25, 0.3) is 0 Å². The maximum atomic E-state index is 11.8. The molecular formula is C28H38ClN5O. The number of piperazine rings is 1. The van der Waals surface area contributed by atoms with Gasteiger partial charge in [-0.25, -0.2) is 4.99 Å². The van der Waals surface area contributed by atoms with Crippen LogP contribution in [0.4, 0.5) is 5.69 Å². The molecule has 2 aliphatic rings. The van der Waals surface area contributed by atoms with Gasteiger partial charge in [-0.15, -0.1) is 0 Å². The molecule has 0 aromatic heterocycles. The van der Waals surface area contributed by atoms with Crippen LogP contribution in [0, 0.1) is 0 Å². The van der Waals surface area contributed by atoms with Crippen LogP contribution in [0.5, 0.6) is 0 Å². The highest BCUT2D eigenvalue weighted by atomic mass is 35.5. The van der Waals surface area contributed by atoms with Crippen LogP contribution in [-0.2, 0) is 4.79 Å². The molecule has 2 fully saturated rings. The number of aliphatic imine (C=N–C) groups is 1. The number of amides is 1. The molecule has 4 rings (SSSR count). The van der Waals surface area contributed by atoms with Gasteiger partial charge in [-0.3, -0.25) is 4.79 Å². The van der Waals surface area contributed by atoms with Gasteiger partial charge in [-0.2, -0.15) is 0 Å². The van der Waals surface area contributed by atoms with Crippen molar-refractivity contribution in [3.05, 3.63) is 64.7 Å². The van der Waals surface area contributed by atoms with Gasteiger partial charge in [0.2, 0.25) is 5.91 Å². The number of benzene rings is 2. The second-order valence-electron chi connectivity index (χ2n) is 10.1. The number of hydrogen-bond donors (Lipinski definition) is 3. The van der Waals surface area contributed by atoms with Crippen LogP contribution in [0.3, 0.4) is 0 Å². The first-order valence-corrected chi connectivity index (χ1v) is 13.2. The summed E-state index contributed by atoms with van der Waals surface area (Å²) in [7, 11) is 0. The standard InChI is InChI=1S/C28H38ClN5O/c1-19-17-34(18-20(2)31-19)28(32-24-6-4-3-5-7-24)33-25-14-10-22(11-15-25)26(16-27(30)35)21-8-12-23(29)13-9-21/h8-15,19-20,24,26,31H,3-7,16-18H2,1-2H3,(H2,30,35)(H,32,33). The molecule has 4 N–H and O–H groups in total. The number of rotatable bonds is 6. The van der Waals surface area contributed by atoms with Crippen molar-refractivity contribution in [3.63, 3.8) is 0 Å². The van der Waals surface area contributed by atoms with E-state index in [0.29, 0.717) is 23.1 Å². The first-order chi connectivity index (χ1) is 16.9. The smallest absolute Gasteiger partial charge is 0.218 e. The number of carbonyl (C=O) groups excluding carboxylic acids is 1. The third-order valence-corrected chi connectivity index (χ3v) is 7.24. The number of nitrogens with two attached hydrogens (primary N) is 1. The average Bonchev–Trinajstić information content (AvgIpc) is 2.83. The maximum absolute atomic E-state index is 11.8. The highest BCUT2D eigenvalue weighted by Gasteiger charge is 2.25. The Labute approximate surface area is 214 Å². The number of primary amides is 1. The Balaban J connectivity index is 1.55. The van der Waals surface area contributed by atoms with Crippen LogP contribution in [-0.4, -0.2) is 48.0 Å². The zero-order valence-electron chi connectivity index (χ0n) is 20.8. The summed E-state index contributed by atoms with van der Waals surface area (Å²) in [6.45, 7) is 6.31. The van der Waals surface area contributed by atoms with Gasteiger partial charge in [0.25, 0.3) is 0 Å². The molecule has 7 heteroatoms. The second-order valence-corrected chi connectivity index (χ2v) is 10.6. The van der Waals surface area contributed by atoms with Crippen molar-refractivity contribution in [2.45, 2.75) is 76.4 Å². The van der Waals surface area contributed by atoms with Crippen LogP contribution in [0.15, 0.2) is 53.5 Å². The molecular weight excluding hydrogens is 458 g/mol. The number of hydrogen-bond acceptors (Lipinski definition) is 3. The Hall–Kier alpha value is -2.57. The van der Waals surface area contributed by atoms with Gasteiger partial charge >= 0.3 is 0 Å². The number of nitrogens with one attached hydrogen (secondary N) is 2. The van der Waals surface area contributed by atoms with Crippen molar-refractivity contribution < 1.29 is 4.79 Å². The minimum atomic E-state index is -0.323. The summed E-state index contributed by atoms with van der Waals surface area (Å²) in [5.41, 5.74) is 8.65. The Morgan fingerprint density at radius 2 is 1.60 bits per heavy atom. The van der Waals surface area contributed by atoms with Crippen molar-refractivity contribution >= 4 is 29.2 Å². The van der Waals surface area contributed by atoms with Gasteiger partial charge in [0.15, 0.2) is 5.96 Å². The van der Waals surface area contributed by atoms with Crippen molar-refractivity contribution in [2.75, 3.05) is 18.4 Å². The molecule has 2 aromatic carbocycles. The van der Waals surface area contributed by atoms with E-state index in [9.17, 15) is 4.79 Å². The van der Waals surface area contributed by atoms with E-state index in [1.54, 1.807) is 0 Å². The van der Waals surface area contributed by atoms with Crippen LogP contribution in [0.2, 0.25) is 5.02 Å². The molecule has 3 atom stereocenters. The van der Waals surface area contributed by atoms with Gasteiger partial charge < -0.3 is 21.3 Å². The predicted molar refractivity (Wildman–Crippen MR) is 145 cm³/mol. The minimum absolute atomic E-state index is 0.107. The van der Waals surface area contributed by atoms with Crippen LogP contribution in [0.1, 0.15) is 69.4 Å². The summed E-state index contributed by atoms with van der Waals surface area (Å²) in [5, 5.41) is 7.92. The van der Waals surface area contributed by atoms with Crippen LogP contribution < -0.4 is 16.4 Å². The summed E-state index contributed by atoms with van der Waals surface area (Å²) in [5.74, 6) is 0.538. The van der Waals surface area contributed by atoms with E-state index in [2.05, 4.69) is 53.6 Å². The largest absolute Gasteiger partial charge is 0.370 e. The molecule has 35 heavy (non-hydrogen) atoms. The summed E-state index contributed by atoms with van der Waals surface area (Å²) < 4.78 is 0. The second kappa shape index (κ2) is 11.9. The molecule has 1 aliphatic heterocycles. The third-order valence-electron chi connectivity index (χ3n) is 6.98. The van der Waals surface area contributed by atoms with E-state index in [1.165, 1.54) is 19.3 Å². The maximum Gasteiger partial charge on any atom is 0.218 e. The number of nitrogens with zero attached hydrogens (tertiary/aromatic N) is 2. The highest BCUT2D eigenvalue weighted by molar-refractivity contribution is 6.30. The van der Waals surface area contributed by atoms with Crippen molar-refractivity contribution in [2.24, 2.45) is 10.7 Å². The molecule has 2 aromatic rings. The molecule has 1 heterocycles. The molecule has 6 nitrogen and oxygen atoms in total. The summed E-state index contributed by atoms with van der Waals surface area (Å²) in [6.07, 6.45) is 6.42. The van der Waals surface area contributed by atoms with Gasteiger partial charge in [0.05, 0.1) is 6.04 Å². The van der Waals surface area contributed by atoms with Gasteiger partial charge in [0, 0.05) is 48.2 Å². The lowest BCUT2D eigenvalue weighted by atomic mass is 9.88. The lowest BCUT2D eigenvalue weighted by molar-refractivity contribution is -0.118. The Morgan fingerprint density at radius 1 is 1.03 bits per heavy atom. The zero-order valence-corrected chi connectivity index (χ0v) is 21.6. The summed E-state index contributed by atoms with van der Waals surface area (Å²) in [6, 6.07) is 17.1. The van der Waals surface area contributed by atoms with E-state index in [-0.39, 0.29) is 18.2 Å². The lowest BCUT2D eigenvalue weighted by Gasteiger charge is -2.38. The quantitative estimate of drug-likeness (QED) is 0.383. The molecule has 1 saturated heterocycles. The molecule has 188 valence electrons. The number of guanidine groups is 1. The van der Waals surface area contributed by atoms with E-state index >= 15 is 0 Å². The SMILES string of the molecule is CC1CN(/C(=N\C2CCCCC2)Nc2ccc(C(CC(N)=O)c3ccc(Cl)cc3)cc2)CC(C)N1. The zero-order chi connectivity index (χ0) is 24.8. The highest BCUT2D eigenvalue weighted by Crippen LogP contribution is 2.30. The normalized spacial score (nSPS) is 22.6. The Morgan fingerprint density at radius 3 is 2.17 bits per heavy atom. The number of halogens is 1. The van der Waals surface area contributed by atoms with Gasteiger partial charge in [0.1, 0.15) is 0 Å². The molecule has 0 radical (unpaired) electrons. The van der Waals surface area contributed by atoms with Gasteiger partial charge in [-0.05, 0) is 62.1 Å². The Kier molecular flexibility index (Phi) is 8.69. The van der Waals surface area contributed by atoms with Crippen molar-refractivity contribution in [3.8, 4) is 0 Å². The van der Waals surface area contributed by atoms with Crippen LogP contribution >= 0.6 is 11.6 Å². The molecule has 1 aliphatic carbocycles. The molecule has 1 amide bonds. The van der Waals surface area contributed by atoms with E-state index in [1.807, 2.05) is 24.3 Å². The molecule has 1 saturated carbocycles. The van der Waals surface area contributed by atoms with E-state index in [4.69, 9.17) is 22.3 Å². The average molecular weight is 496 g/mol. The Bertz CT molecular complexity index is 991. The predicted octanol–water partition coefficient (Wildman–Crippen LogP) is 5.13. The number of carbonyl (C=O) groups is 1. The van der Waals surface area contributed by atoms with Gasteiger partial charge in [-0.1, -0.05) is 55.1 Å². The fraction of sp³-hybridized carbons (Fsp3) is 0.500. The lowest BCUT2D eigenvalue weighted by Crippen LogP contribution is -2.57. The monoisotopic (exact) mass is 495 g/mol. The fourth-order valence-corrected chi connectivity index (χ4v) is 5.45. The van der Waals surface area contributed by atoms with Crippen molar-refractivity contribution in [1.29, 1.82) is 0 Å². The molecule has 0 spiro atoms. The van der Waals surface area contributed by atoms with Crippen molar-refractivity contribution in [1.82, 2.24) is 10.2 Å². The van der Waals surface area contributed by atoms with E-state index < -0.39 is 0 Å². The number of anilines is 1. The molecule has 3 unspecified atom stereocenters. The first-order valence-electron chi connectivity index (χ1n) is 12.9. The van der Waals surface area contributed by atoms with E-state index in [0.717, 1.165) is 48.7 Å². The minimum Gasteiger partial charge on any atom is -0.370 e. The summed E-state index contributed by atoms with van der Waals surface area (Å²) >= 11 is 6.07. The third kappa shape index (κ3) is 7.21. The first kappa shape index (κ1) is 25.5. The summed E-state index contributed by atoms with van der Waals surface area (Å²) in [4.78, 5) is 19.4. The fourth-order valence-electron chi connectivity index (χ4n) is 5.33.